The number of benzene rings is 1. The number of carbonyl (C=O) groups excluding carboxylic acids is 3. The number of amides is 3. The molecule has 15 heteroatoms. The molecule has 1 saturated carbocycles. The normalized spacial score (nSPS) is 19.0. The van der Waals surface area contributed by atoms with E-state index in [2.05, 4.69) is 42.5 Å². The highest BCUT2D eigenvalue weighted by atomic mass is 35.5. The monoisotopic (exact) mass is 766 g/mol. The topological polar surface area (TPSA) is 149 Å². The third-order valence-corrected chi connectivity index (χ3v) is 12.1. The molecule has 0 unspecified atom stereocenters. The number of rotatable bonds is 8. The van der Waals surface area contributed by atoms with E-state index in [0.29, 0.717) is 51.7 Å². The number of Topliss-reactive ketones (excluding diaryl/α,β-unsaturated/α-hetero) is 1. The van der Waals surface area contributed by atoms with E-state index >= 15 is 0 Å². The van der Waals surface area contributed by atoms with Gasteiger partial charge in [0.25, 0.3) is 5.56 Å². The van der Waals surface area contributed by atoms with Crippen molar-refractivity contribution in [1.29, 1.82) is 0 Å². The van der Waals surface area contributed by atoms with E-state index in [9.17, 15) is 19.2 Å². The molecule has 4 aliphatic rings. The number of aryl methyl sites for hydroxylation is 2. The molecule has 1 aliphatic carbocycles. The molecule has 288 valence electrons. The second-order valence-corrected chi connectivity index (χ2v) is 15.6. The standard InChI is InChI=1S/C40H47ClN10O4/c1-24-20-30(21-32(41)36(24)50-15-12-34(53)45-40(50)55)49-18-16-48(17-19-49)27-10-13-47(14-11-27)29-8-9-33(42-22-29)44-39-43-23-31-25(2)35(26(3)52)38(54)51(37(31)46-39)28-6-4-5-7-28/h8-9,20-23,27-28H,4-7,10-19H2,1-3H3,(H,45,53,55)(H,42,43,44,46). The van der Waals surface area contributed by atoms with Gasteiger partial charge in [-0.25, -0.2) is 14.8 Å². The molecule has 3 saturated heterocycles. The molecule has 2 N–H and O–H groups in total. The van der Waals surface area contributed by atoms with Crippen molar-refractivity contribution in [1.82, 2.24) is 29.7 Å². The van der Waals surface area contributed by atoms with Gasteiger partial charge < -0.3 is 15.1 Å². The number of pyridine rings is 2. The van der Waals surface area contributed by atoms with Crippen molar-refractivity contribution in [2.75, 3.05) is 65.8 Å². The van der Waals surface area contributed by atoms with Crippen molar-refractivity contribution in [3.8, 4) is 0 Å². The lowest BCUT2D eigenvalue weighted by Gasteiger charge is -2.44. The van der Waals surface area contributed by atoms with E-state index < -0.39 is 6.03 Å². The fourth-order valence-corrected chi connectivity index (χ4v) is 9.29. The van der Waals surface area contributed by atoms with Gasteiger partial charge in [-0.15, -0.1) is 0 Å². The zero-order valence-corrected chi connectivity index (χ0v) is 32.4. The van der Waals surface area contributed by atoms with Crippen LogP contribution in [0.15, 0.2) is 41.5 Å². The molecule has 3 amide bonds. The quantitative estimate of drug-likeness (QED) is 0.211. The molecule has 55 heavy (non-hydrogen) atoms. The van der Waals surface area contributed by atoms with E-state index in [1.54, 1.807) is 22.6 Å². The number of hydrogen-bond donors (Lipinski definition) is 2. The summed E-state index contributed by atoms with van der Waals surface area (Å²) in [5, 5.41) is 6.84. The second kappa shape index (κ2) is 15.2. The Morgan fingerprint density at radius 1 is 0.855 bits per heavy atom. The Balaban J connectivity index is 0.869. The molecule has 0 radical (unpaired) electrons. The van der Waals surface area contributed by atoms with Crippen LogP contribution in [0.1, 0.15) is 79.4 Å². The summed E-state index contributed by atoms with van der Waals surface area (Å²) in [6.45, 7) is 11.1. The summed E-state index contributed by atoms with van der Waals surface area (Å²) in [6.07, 6.45) is 9.85. The number of halogens is 1. The molecule has 4 fully saturated rings. The fourth-order valence-electron chi connectivity index (χ4n) is 8.93. The highest BCUT2D eigenvalue weighted by molar-refractivity contribution is 6.34. The fraction of sp³-hybridized carbons (Fsp3) is 0.475. The largest absolute Gasteiger partial charge is 0.370 e. The first-order valence-corrected chi connectivity index (χ1v) is 19.7. The van der Waals surface area contributed by atoms with Crippen LogP contribution in [0.3, 0.4) is 0 Å². The van der Waals surface area contributed by atoms with Gasteiger partial charge in [0.15, 0.2) is 5.78 Å². The van der Waals surface area contributed by atoms with Gasteiger partial charge in [0, 0.05) is 81.6 Å². The Morgan fingerprint density at radius 2 is 1.58 bits per heavy atom. The molecule has 0 spiro atoms. The van der Waals surface area contributed by atoms with E-state index in [0.717, 1.165) is 94.7 Å². The Morgan fingerprint density at radius 3 is 2.24 bits per heavy atom. The summed E-state index contributed by atoms with van der Waals surface area (Å²) in [6, 6.07) is 8.14. The van der Waals surface area contributed by atoms with Crippen LogP contribution in [-0.2, 0) is 4.79 Å². The highest BCUT2D eigenvalue weighted by Gasteiger charge is 2.31. The van der Waals surface area contributed by atoms with Gasteiger partial charge in [-0.2, -0.15) is 4.98 Å². The minimum absolute atomic E-state index is 0.0169. The maximum absolute atomic E-state index is 13.6. The number of nitrogens with one attached hydrogen (secondary N) is 2. The first-order valence-electron chi connectivity index (χ1n) is 19.4. The van der Waals surface area contributed by atoms with Gasteiger partial charge in [-0.1, -0.05) is 24.4 Å². The van der Waals surface area contributed by atoms with Gasteiger partial charge in [0.05, 0.1) is 28.2 Å². The maximum Gasteiger partial charge on any atom is 0.328 e. The summed E-state index contributed by atoms with van der Waals surface area (Å²) in [5.41, 5.74) is 4.82. The first-order chi connectivity index (χ1) is 26.5. The van der Waals surface area contributed by atoms with Gasteiger partial charge in [-0.3, -0.25) is 34.1 Å². The van der Waals surface area contributed by atoms with E-state index in [1.165, 1.54) is 6.92 Å². The van der Waals surface area contributed by atoms with Crippen LogP contribution in [0, 0.1) is 13.8 Å². The summed E-state index contributed by atoms with van der Waals surface area (Å²) < 4.78 is 1.72. The van der Waals surface area contributed by atoms with E-state index in [1.807, 2.05) is 25.3 Å². The predicted octanol–water partition coefficient (Wildman–Crippen LogP) is 5.76. The number of carbonyl (C=O) groups is 3. The Hall–Kier alpha value is -5.08. The number of aromatic nitrogens is 4. The number of fused-ring (bicyclic) bond motifs is 1. The highest BCUT2D eigenvalue weighted by Crippen LogP contribution is 2.36. The van der Waals surface area contributed by atoms with Crippen LogP contribution in [0.2, 0.25) is 5.02 Å². The van der Waals surface area contributed by atoms with Gasteiger partial charge in [0.1, 0.15) is 11.5 Å². The number of ketones is 1. The van der Waals surface area contributed by atoms with Crippen LogP contribution < -0.4 is 30.9 Å². The molecular formula is C40H47ClN10O4. The minimum Gasteiger partial charge on any atom is -0.370 e. The number of piperazine rings is 1. The number of piperidine rings is 1. The minimum atomic E-state index is -0.429. The first kappa shape index (κ1) is 36.9. The lowest BCUT2D eigenvalue weighted by molar-refractivity contribution is -0.120. The van der Waals surface area contributed by atoms with E-state index in [4.69, 9.17) is 21.6 Å². The molecule has 6 heterocycles. The van der Waals surface area contributed by atoms with Crippen LogP contribution >= 0.6 is 11.6 Å². The second-order valence-electron chi connectivity index (χ2n) is 15.2. The molecule has 0 atom stereocenters. The van der Waals surface area contributed by atoms with Gasteiger partial charge in [-0.05, 0) is 81.8 Å². The smallest absolute Gasteiger partial charge is 0.328 e. The van der Waals surface area contributed by atoms with Gasteiger partial charge in [0.2, 0.25) is 11.9 Å². The number of nitrogens with zero attached hydrogens (tertiary/aromatic N) is 8. The van der Waals surface area contributed by atoms with Crippen molar-refractivity contribution in [2.24, 2.45) is 0 Å². The summed E-state index contributed by atoms with van der Waals surface area (Å²) in [4.78, 5) is 73.1. The average molecular weight is 767 g/mol. The molecule has 4 aromatic rings. The lowest BCUT2D eigenvalue weighted by atomic mass is 10.0. The van der Waals surface area contributed by atoms with Crippen LogP contribution in [0.5, 0.6) is 0 Å². The number of imide groups is 1. The molecular weight excluding hydrogens is 720 g/mol. The molecule has 1 aromatic carbocycles. The number of anilines is 5. The average Bonchev–Trinajstić information content (AvgIpc) is 3.70. The van der Waals surface area contributed by atoms with Crippen LogP contribution in [-0.4, -0.2) is 94.0 Å². The van der Waals surface area contributed by atoms with Crippen LogP contribution in [0.25, 0.3) is 11.0 Å². The van der Waals surface area contributed by atoms with E-state index in [-0.39, 0.29) is 35.3 Å². The molecule has 3 aliphatic heterocycles. The molecule has 0 bridgehead atoms. The maximum atomic E-state index is 13.6. The Labute approximate surface area is 324 Å². The summed E-state index contributed by atoms with van der Waals surface area (Å²) >= 11 is 6.73. The summed E-state index contributed by atoms with van der Waals surface area (Å²) in [7, 11) is 0. The zero-order chi connectivity index (χ0) is 38.4. The Kier molecular flexibility index (Phi) is 10.2. The third-order valence-electron chi connectivity index (χ3n) is 11.8. The zero-order valence-electron chi connectivity index (χ0n) is 31.6. The lowest BCUT2D eigenvalue weighted by Crippen LogP contribution is -2.53. The van der Waals surface area contributed by atoms with Crippen LogP contribution in [0.4, 0.5) is 33.6 Å². The number of urea groups is 1. The van der Waals surface area contributed by atoms with Crippen molar-refractivity contribution < 1.29 is 14.4 Å². The van der Waals surface area contributed by atoms with Crippen molar-refractivity contribution in [3.63, 3.8) is 0 Å². The van der Waals surface area contributed by atoms with Gasteiger partial charge >= 0.3 is 6.03 Å². The Bertz CT molecular complexity index is 2180. The molecule has 14 nitrogen and oxygen atoms in total. The predicted molar refractivity (Wildman–Crippen MR) is 214 cm³/mol. The van der Waals surface area contributed by atoms with Crippen molar-refractivity contribution >= 4 is 69.2 Å². The summed E-state index contributed by atoms with van der Waals surface area (Å²) in [5.74, 6) is 0.470. The SMILES string of the molecule is CC(=O)c1c(C)c2cnc(Nc3ccc(N4CCC(N5CCN(c6cc(C)c(N7CCC(=O)NC7=O)c(Cl)c6)CC5)CC4)cn3)nc2n(C2CCCC2)c1=O. The van der Waals surface area contributed by atoms with Crippen molar-refractivity contribution in [3.05, 3.63) is 68.7 Å². The molecule has 3 aromatic heterocycles. The third kappa shape index (κ3) is 7.25. The van der Waals surface area contributed by atoms with Crippen molar-refractivity contribution in [2.45, 2.75) is 77.8 Å². The molecule has 8 rings (SSSR count). The number of hydrogen-bond acceptors (Lipinski definition) is 11.